The summed E-state index contributed by atoms with van der Waals surface area (Å²) in [6.45, 7) is 3.50. The van der Waals surface area contributed by atoms with E-state index < -0.39 is 0 Å². The van der Waals surface area contributed by atoms with Crippen LogP contribution in [0.15, 0.2) is 6.20 Å². The van der Waals surface area contributed by atoms with Crippen LogP contribution >= 0.6 is 0 Å². The second-order valence-electron chi connectivity index (χ2n) is 4.60. The van der Waals surface area contributed by atoms with Crippen LogP contribution < -0.4 is 0 Å². The third-order valence-electron chi connectivity index (χ3n) is 3.32. The predicted molar refractivity (Wildman–Crippen MR) is 50.2 cm³/mol. The van der Waals surface area contributed by atoms with E-state index in [1.807, 2.05) is 11.1 Å². The Balaban J connectivity index is 1.79. The molecule has 1 aromatic heterocycles. The number of carbonyl (C=O) groups excluding carboxylic acids is 1. The fourth-order valence-corrected chi connectivity index (χ4v) is 1.99. The van der Waals surface area contributed by atoms with E-state index >= 15 is 0 Å². The van der Waals surface area contributed by atoms with Crippen molar-refractivity contribution in [2.75, 3.05) is 0 Å². The molecule has 1 N–H and O–H groups in total. The van der Waals surface area contributed by atoms with Crippen molar-refractivity contribution in [1.29, 1.82) is 0 Å². The van der Waals surface area contributed by atoms with E-state index in [0.29, 0.717) is 12.5 Å². The van der Waals surface area contributed by atoms with Crippen LogP contribution in [-0.2, 0) is 17.9 Å². The molecule has 4 nitrogen and oxygen atoms in total. The molecule has 1 aliphatic carbocycles. The van der Waals surface area contributed by atoms with E-state index in [0.717, 1.165) is 25.1 Å². The molecule has 3 rings (SSSR count). The number of aromatic amines is 1. The molecule has 0 bridgehead atoms. The lowest BCUT2D eigenvalue weighted by atomic mass is 10.1. The highest BCUT2D eigenvalue weighted by molar-refractivity contribution is 5.85. The van der Waals surface area contributed by atoms with Crippen molar-refractivity contribution in [3.05, 3.63) is 17.5 Å². The molecule has 0 atom stereocenters. The van der Waals surface area contributed by atoms with Crippen LogP contribution in [0.4, 0.5) is 0 Å². The molecule has 0 aromatic carbocycles. The van der Waals surface area contributed by atoms with Crippen molar-refractivity contribution in [2.45, 2.75) is 32.9 Å². The normalized spacial score (nSPS) is 22.2. The molecule has 74 valence electrons. The summed E-state index contributed by atoms with van der Waals surface area (Å²) in [7, 11) is 0. The molecule has 1 aliphatic heterocycles. The minimum Gasteiger partial charge on any atom is -0.332 e. The molecule has 2 heterocycles. The van der Waals surface area contributed by atoms with E-state index in [2.05, 4.69) is 17.1 Å². The number of hydrogen-bond acceptors (Lipinski definition) is 2. The zero-order chi connectivity index (χ0) is 9.76. The predicted octanol–water partition coefficient (Wildman–Crippen LogP) is 1.05. The van der Waals surface area contributed by atoms with E-state index in [-0.39, 0.29) is 5.41 Å². The third-order valence-corrected chi connectivity index (χ3v) is 3.32. The smallest absolute Gasteiger partial charge is 0.229 e. The topological polar surface area (TPSA) is 49.0 Å². The molecule has 1 amide bonds. The van der Waals surface area contributed by atoms with Gasteiger partial charge in [0.2, 0.25) is 5.91 Å². The summed E-state index contributed by atoms with van der Waals surface area (Å²) in [5.74, 6) is 0.308. The van der Waals surface area contributed by atoms with Crippen molar-refractivity contribution < 1.29 is 4.79 Å². The Kier molecular flexibility index (Phi) is 1.36. The lowest BCUT2D eigenvalue weighted by Crippen LogP contribution is -2.31. The van der Waals surface area contributed by atoms with Crippen LogP contribution in [0, 0.1) is 5.41 Å². The van der Waals surface area contributed by atoms with Crippen molar-refractivity contribution in [3.8, 4) is 0 Å². The molecule has 1 fully saturated rings. The number of hydrogen-bond donors (Lipinski definition) is 1. The Morgan fingerprint density at radius 1 is 1.57 bits per heavy atom. The zero-order valence-corrected chi connectivity index (χ0v) is 8.21. The Hall–Kier alpha value is -1.32. The number of H-pyrrole nitrogens is 1. The van der Waals surface area contributed by atoms with Gasteiger partial charge in [0.1, 0.15) is 0 Å². The first kappa shape index (κ1) is 8.03. The van der Waals surface area contributed by atoms with Crippen LogP contribution in [0.5, 0.6) is 0 Å². The third kappa shape index (κ3) is 0.997. The fraction of sp³-hybridized carbons (Fsp3) is 0.600. The monoisotopic (exact) mass is 191 g/mol. The van der Waals surface area contributed by atoms with Crippen LogP contribution in [0.3, 0.4) is 0 Å². The van der Waals surface area contributed by atoms with Gasteiger partial charge in [-0.3, -0.25) is 9.89 Å². The van der Waals surface area contributed by atoms with Gasteiger partial charge in [-0.25, -0.2) is 0 Å². The standard InChI is InChI=1S/C10H13N3O/c1-10(2-3-10)9(14)13-5-7-4-11-12-8(7)6-13/h4H,2-3,5-6H2,1H3,(H,11,12). The highest BCUT2D eigenvalue weighted by atomic mass is 16.2. The second kappa shape index (κ2) is 2.38. The number of carbonyl (C=O) groups is 1. The van der Waals surface area contributed by atoms with Crippen molar-refractivity contribution in [3.63, 3.8) is 0 Å². The second-order valence-corrected chi connectivity index (χ2v) is 4.60. The van der Waals surface area contributed by atoms with Crippen LogP contribution in [0.1, 0.15) is 31.0 Å². The van der Waals surface area contributed by atoms with Gasteiger partial charge in [-0.05, 0) is 12.8 Å². The first-order valence-corrected chi connectivity index (χ1v) is 4.99. The Morgan fingerprint density at radius 3 is 3.00 bits per heavy atom. The van der Waals surface area contributed by atoms with Gasteiger partial charge in [-0.2, -0.15) is 5.10 Å². The summed E-state index contributed by atoms with van der Waals surface area (Å²) in [6.07, 6.45) is 3.92. The van der Waals surface area contributed by atoms with Crippen molar-refractivity contribution in [1.82, 2.24) is 15.1 Å². The Morgan fingerprint density at radius 2 is 2.36 bits per heavy atom. The molecule has 0 radical (unpaired) electrons. The van der Waals surface area contributed by atoms with Crippen molar-refractivity contribution in [2.24, 2.45) is 5.41 Å². The minimum absolute atomic E-state index is 0.0447. The molecule has 0 spiro atoms. The van der Waals surface area contributed by atoms with Gasteiger partial charge in [-0.15, -0.1) is 0 Å². The average molecular weight is 191 g/mol. The van der Waals surface area contributed by atoms with Crippen LogP contribution in [0.25, 0.3) is 0 Å². The maximum atomic E-state index is 12.0. The molecule has 1 aromatic rings. The van der Waals surface area contributed by atoms with Gasteiger partial charge in [0.25, 0.3) is 0 Å². The number of fused-ring (bicyclic) bond motifs is 1. The molecule has 1 saturated carbocycles. The fourth-order valence-electron chi connectivity index (χ4n) is 1.99. The zero-order valence-electron chi connectivity index (χ0n) is 8.21. The van der Waals surface area contributed by atoms with Gasteiger partial charge in [0, 0.05) is 17.5 Å². The van der Waals surface area contributed by atoms with E-state index in [9.17, 15) is 4.79 Å². The minimum atomic E-state index is -0.0447. The largest absolute Gasteiger partial charge is 0.332 e. The summed E-state index contributed by atoms with van der Waals surface area (Å²) in [4.78, 5) is 13.9. The Labute approximate surface area is 82.3 Å². The molecular weight excluding hydrogens is 178 g/mol. The number of nitrogens with one attached hydrogen (secondary N) is 1. The van der Waals surface area contributed by atoms with Gasteiger partial charge in [0.15, 0.2) is 0 Å². The molecule has 2 aliphatic rings. The molecule has 0 saturated heterocycles. The highest BCUT2D eigenvalue weighted by Gasteiger charge is 2.48. The summed E-state index contributed by atoms with van der Waals surface area (Å²) in [5, 5.41) is 6.88. The SMILES string of the molecule is CC1(C(=O)N2Cc3cn[nH]c3C2)CC1. The Bertz CT molecular complexity index is 371. The summed E-state index contributed by atoms with van der Waals surface area (Å²) >= 11 is 0. The lowest BCUT2D eigenvalue weighted by Gasteiger charge is -2.19. The maximum Gasteiger partial charge on any atom is 0.229 e. The highest BCUT2D eigenvalue weighted by Crippen LogP contribution is 2.47. The van der Waals surface area contributed by atoms with E-state index in [4.69, 9.17) is 0 Å². The van der Waals surface area contributed by atoms with E-state index in [1.54, 1.807) is 0 Å². The quantitative estimate of drug-likeness (QED) is 0.721. The average Bonchev–Trinajstić information content (AvgIpc) is 2.63. The van der Waals surface area contributed by atoms with Gasteiger partial charge in [-0.1, -0.05) is 6.92 Å². The maximum absolute atomic E-state index is 12.0. The summed E-state index contributed by atoms with van der Waals surface area (Å²) in [6, 6.07) is 0. The van der Waals surface area contributed by atoms with Gasteiger partial charge < -0.3 is 4.90 Å². The molecular formula is C10H13N3O. The van der Waals surface area contributed by atoms with Gasteiger partial charge in [0.05, 0.1) is 18.4 Å². The number of nitrogens with zero attached hydrogens (tertiary/aromatic N) is 2. The lowest BCUT2D eigenvalue weighted by molar-refractivity contribution is -0.137. The number of amides is 1. The van der Waals surface area contributed by atoms with Crippen LogP contribution in [0.2, 0.25) is 0 Å². The van der Waals surface area contributed by atoms with E-state index in [1.165, 1.54) is 5.56 Å². The number of rotatable bonds is 1. The van der Waals surface area contributed by atoms with Crippen molar-refractivity contribution >= 4 is 5.91 Å². The first-order chi connectivity index (χ1) is 6.69. The molecule has 4 heteroatoms. The summed E-state index contributed by atoms with van der Waals surface area (Å²) < 4.78 is 0. The van der Waals surface area contributed by atoms with Gasteiger partial charge >= 0.3 is 0 Å². The molecule has 14 heavy (non-hydrogen) atoms. The summed E-state index contributed by atoms with van der Waals surface area (Å²) in [5.41, 5.74) is 2.22. The first-order valence-electron chi connectivity index (χ1n) is 4.99. The number of aromatic nitrogens is 2. The van der Waals surface area contributed by atoms with Crippen LogP contribution in [-0.4, -0.2) is 21.0 Å². The molecule has 0 unspecified atom stereocenters.